The van der Waals surface area contributed by atoms with Gasteiger partial charge in [-0.05, 0) is 55.3 Å². The molecule has 0 atom stereocenters. The van der Waals surface area contributed by atoms with Crippen LogP contribution in [0.25, 0.3) is 17.4 Å². The molecule has 0 saturated carbocycles. The van der Waals surface area contributed by atoms with E-state index in [-0.39, 0.29) is 23.2 Å². The van der Waals surface area contributed by atoms with Crippen molar-refractivity contribution < 1.29 is 23.2 Å². The average molecular weight is 414 g/mol. The molecule has 2 fully saturated rings. The summed E-state index contributed by atoms with van der Waals surface area (Å²) in [4.78, 5) is 40.1. The molecule has 4 rings (SSSR count). The molecular weight excluding hydrogens is 395 g/mol. The van der Waals surface area contributed by atoms with Gasteiger partial charge in [0.1, 0.15) is 23.9 Å². The highest BCUT2D eigenvalue weighted by molar-refractivity contribution is 8.18. The molecule has 150 valence electrons. The SMILES string of the molecule is O=C(CN1C(=O)S/C(=C\c2ccc(-c3cccc(F)c3)o2)C1=O)N1CCCCC1. The van der Waals surface area contributed by atoms with Crippen molar-refractivity contribution in [2.45, 2.75) is 19.3 Å². The Morgan fingerprint density at radius 3 is 2.69 bits per heavy atom. The number of furan rings is 1. The zero-order valence-corrected chi connectivity index (χ0v) is 16.4. The molecular formula is C21H19FN2O4S. The summed E-state index contributed by atoms with van der Waals surface area (Å²) in [5.74, 6) is -0.263. The first-order valence-electron chi connectivity index (χ1n) is 9.40. The number of halogens is 1. The minimum Gasteiger partial charge on any atom is -0.457 e. The van der Waals surface area contributed by atoms with Gasteiger partial charge in [0, 0.05) is 24.7 Å². The van der Waals surface area contributed by atoms with Crippen LogP contribution in [-0.2, 0) is 9.59 Å². The Morgan fingerprint density at radius 1 is 1.14 bits per heavy atom. The Hall–Kier alpha value is -2.87. The summed E-state index contributed by atoms with van der Waals surface area (Å²) in [7, 11) is 0. The monoisotopic (exact) mass is 414 g/mol. The summed E-state index contributed by atoms with van der Waals surface area (Å²) >= 11 is 0.781. The van der Waals surface area contributed by atoms with Crippen molar-refractivity contribution in [2.75, 3.05) is 19.6 Å². The lowest BCUT2D eigenvalue weighted by molar-refractivity contribution is -0.136. The third kappa shape index (κ3) is 4.27. The van der Waals surface area contributed by atoms with E-state index in [4.69, 9.17) is 4.42 Å². The maximum absolute atomic E-state index is 13.4. The molecule has 2 aliphatic rings. The number of imide groups is 1. The van der Waals surface area contributed by atoms with E-state index in [1.165, 1.54) is 18.2 Å². The van der Waals surface area contributed by atoms with Crippen LogP contribution < -0.4 is 0 Å². The smallest absolute Gasteiger partial charge is 0.294 e. The van der Waals surface area contributed by atoms with E-state index in [1.54, 1.807) is 29.2 Å². The lowest BCUT2D eigenvalue weighted by Gasteiger charge is -2.27. The fourth-order valence-corrected chi connectivity index (χ4v) is 4.19. The maximum Gasteiger partial charge on any atom is 0.294 e. The number of carbonyl (C=O) groups excluding carboxylic acids is 3. The van der Waals surface area contributed by atoms with E-state index >= 15 is 0 Å². The summed E-state index contributed by atoms with van der Waals surface area (Å²) < 4.78 is 19.1. The van der Waals surface area contributed by atoms with Crippen LogP contribution in [0.5, 0.6) is 0 Å². The number of carbonyl (C=O) groups is 3. The van der Waals surface area contributed by atoms with Gasteiger partial charge in [0.2, 0.25) is 5.91 Å². The normalized spacial score (nSPS) is 18.7. The molecule has 1 aromatic carbocycles. The number of thioether (sulfide) groups is 1. The predicted molar refractivity (Wildman–Crippen MR) is 107 cm³/mol. The Bertz CT molecular complexity index is 994. The Labute approximate surface area is 171 Å². The third-order valence-corrected chi connectivity index (χ3v) is 5.79. The van der Waals surface area contributed by atoms with Gasteiger partial charge in [0.05, 0.1) is 4.91 Å². The number of likely N-dealkylation sites (tertiary alicyclic amines) is 1. The van der Waals surface area contributed by atoms with Gasteiger partial charge in [0.15, 0.2) is 0 Å². The van der Waals surface area contributed by atoms with Crippen LogP contribution in [-0.4, -0.2) is 46.5 Å². The van der Waals surface area contributed by atoms with Crippen LogP contribution in [0.1, 0.15) is 25.0 Å². The van der Waals surface area contributed by atoms with Crippen LogP contribution in [0, 0.1) is 5.82 Å². The highest BCUT2D eigenvalue weighted by Gasteiger charge is 2.37. The largest absolute Gasteiger partial charge is 0.457 e. The van der Waals surface area contributed by atoms with Crippen molar-refractivity contribution in [3.05, 3.63) is 52.9 Å². The second-order valence-electron chi connectivity index (χ2n) is 6.92. The molecule has 1 aromatic heterocycles. The minimum atomic E-state index is -0.505. The molecule has 2 aliphatic heterocycles. The summed E-state index contributed by atoms with van der Waals surface area (Å²) in [6, 6.07) is 9.30. The molecule has 8 heteroatoms. The number of hydrogen-bond donors (Lipinski definition) is 0. The van der Waals surface area contributed by atoms with Crippen molar-refractivity contribution in [1.82, 2.24) is 9.80 Å². The lowest BCUT2D eigenvalue weighted by Crippen LogP contribution is -2.44. The number of hydrogen-bond acceptors (Lipinski definition) is 5. The second kappa shape index (κ2) is 8.24. The number of nitrogens with zero attached hydrogens (tertiary/aromatic N) is 2. The van der Waals surface area contributed by atoms with Gasteiger partial charge in [-0.1, -0.05) is 12.1 Å². The van der Waals surface area contributed by atoms with E-state index in [1.807, 2.05) is 0 Å². The molecule has 29 heavy (non-hydrogen) atoms. The topological polar surface area (TPSA) is 70.8 Å². The predicted octanol–water partition coefficient (Wildman–Crippen LogP) is 4.13. The molecule has 0 unspecified atom stereocenters. The van der Waals surface area contributed by atoms with Crippen LogP contribution in [0.15, 0.2) is 45.7 Å². The van der Waals surface area contributed by atoms with Crippen LogP contribution >= 0.6 is 11.8 Å². The minimum absolute atomic E-state index is 0.196. The van der Waals surface area contributed by atoms with Gasteiger partial charge in [0.25, 0.3) is 11.1 Å². The standard InChI is InChI=1S/C21H19FN2O4S/c22-15-6-4-5-14(11-15)17-8-7-16(28-17)12-18-20(26)24(21(27)29-18)13-19(25)23-9-2-1-3-10-23/h4-8,11-12H,1-3,9-10,13H2/b18-12-. The first-order chi connectivity index (χ1) is 14.0. The number of rotatable bonds is 4. The Morgan fingerprint density at radius 2 is 1.93 bits per heavy atom. The molecule has 0 aliphatic carbocycles. The van der Waals surface area contributed by atoms with Crippen LogP contribution in [0.4, 0.5) is 9.18 Å². The summed E-state index contributed by atoms with van der Waals surface area (Å²) in [6.45, 7) is 1.09. The summed E-state index contributed by atoms with van der Waals surface area (Å²) in [5, 5.41) is -0.469. The zero-order chi connectivity index (χ0) is 20.4. The first-order valence-corrected chi connectivity index (χ1v) is 10.2. The molecule has 3 heterocycles. The Balaban J connectivity index is 1.47. The molecule has 0 spiro atoms. The van der Waals surface area contributed by atoms with Crippen LogP contribution in [0.3, 0.4) is 0 Å². The highest BCUT2D eigenvalue weighted by Crippen LogP contribution is 2.33. The first kappa shape index (κ1) is 19.4. The van der Waals surface area contributed by atoms with E-state index in [0.717, 1.165) is 35.9 Å². The molecule has 2 aromatic rings. The van der Waals surface area contributed by atoms with E-state index < -0.39 is 11.1 Å². The molecule has 6 nitrogen and oxygen atoms in total. The van der Waals surface area contributed by atoms with E-state index in [0.29, 0.717) is 30.2 Å². The van der Waals surface area contributed by atoms with Gasteiger partial charge in [-0.25, -0.2) is 4.39 Å². The Kier molecular flexibility index (Phi) is 5.53. The fraction of sp³-hybridized carbons (Fsp3) is 0.286. The van der Waals surface area contributed by atoms with Crippen molar-refractivity contribution in [1.29, 1.82) is 0 Å². The van der Waals surface area contributed by atoms with Gasteiger partial charge in [-0.15, -0.1) is 0 Å². The number of piperidine rings is 1. The van der Waals surface area contributed by atoms with Crippen molar-refractivity contribution in [2.24, 2.45) is 0 Å². The second-order valence-corrected chi connectivity index (χ2v) is 7.91. The average Bonchev–Trinajstić information content (AvgIpc) is 3.29. The molecule has 0 radical (unpaired) electrons. The van der Waals surface area contributed by atoms with E-state index in [9.17, 15) is 18.8 Å². The van der Waals surface area contributed by atoms with Gasteiger partial charge in [-0.3, -0.25) is 19.3 Å². The number of amides is 3. The molecule has 0 N–H and O–H groups in total. The molecule has 3 amide bonds. The van der Waals surface area contributed by atoms with Crippen molar-refractivity contribution >= 4 is 34.9 Å². The third-order valence-electron chi connectivity index (χ3n) is 4.89. The van der Waals surface area contributed by atoms with Gasteiger partial charge in [-0.2, -0.15) is 0 Å². The highest BCUT2D eigenvalue weighted by atomic mass is 32.2. The summed E-state index contributed by atoms with van der Waals surface area (Å²) in [6.07, 6.45) is 4.45. The van der Waals surface area contributed by atoms with Crippen LogP contribution in [0.2, 0.25) is 0 Å². The van der Waals surface area contributed by atoms with Gasteiger partial charge < -0.3 is 9.32 Å². The van der Waals surface area contributed by atoms with Crippen molar-refractivity contribution in [3.63, 3.8) is 0 Å². The maximum atomic E-state index is 13.4. The number of benzene rings is 1. The van der Waals surface area contributed by atoms with E-state index in [2.05, 4.69) is 0 Å². The zero-order valence-electron chi connectivity index (χ0n) is 15.6. The lowest BCUT2D eigenvalue weighted by atomic mass is 10.1. The quantitative estimate of drug-likeness (QED) is 0.704. The van der Waals surface area contributed by atoms with Gasteiger partial charge >= 0.3 is 0 Å². The molecule has 2 saturated heterocycles. The van der Waals surface area contributed by atoms with Crippen molar-refractivity contribution in [3.8, 4) is 11.3 Å². The summed E-state index contributed by atoms with van der Waals surface area (Å²) in [5.41, 5.74) is 0.574. The molecule has 0 bridgehead atoms. The fourth-order valence-electron chi connectivity index (χ4n) is 3.37.